The number of nitrogens with zero attached hydrogens (tertiary/aromatic N) is 3. The number of amides is 1. The molecule has 0 spiro atoms. The maximum absolute atomic E-state index is 13.0. The van der Waals surface area contributed by atoms with Gasteiger partial charge in [-0.1, -0.05) is 44.9 Å². The molecule has 0 saturated carbocycles. The van der Waals surface area contributed by atoms with Gasteiger partial charge in [-0.15, -0.1) is 0 Å². The van der Waals surface area contributed by atoms with E-state index in [1.165, 1.54) is 5.56 Å². The molecule has 0 bridgehead atoms. The Morgan fingerprint density at radius 3 is 2.56 bits per heavy atom. The van der Waals surface area contributed by atoms with Crippen molar-refractivity contribution in [3.8, 4) is 6.07 Å². The Balaban J connectivity index is 2.21. The zero-order valence-electron chi connectivity index (χ0n) is 15.5. The average Bonchev–Trinajstić information content (AvgIpc) is 2.66. The summed E-state index contributed by atoms with van der Waals surface area (Å²) in [6.45, 7) is 6.78. The van der Waals surface area contributed by atoms with E-state index in [1.54, 1.807) is 11.1 Å². The lowest BCUT2D eigenvalue weighted by molar-refractivity contribution is -0.114. The van der Waals surface area contributed by atoms with Gasteiger partial charge >= 0.3 is 0 Å². The summed E-state index contributed by atoms with van der Waals surface area (Å²) in [7, 11) is 0. The number of aryl methyl sites for hydroxylation is 1. The molecule has 0 N–H and O–H groups in total. The number of carbonyl (C=O) groups is 1. The van der Waals surface area contributed by atoms with Gasteiger partial charge in [-0.05, 0) is 37.3 Å². The smallest absolute Gasteiger partial charge is 0.270 e. The molecule has 1 aromatic rings. The molecule has 0 radical (unpaired) electrons. The predicted octanol–water partition coefficient (Wildman–Crippen LogP) is 4.28. The highest BCUT2D eigenvalue weighted by Crippen LogP contribution is 2.27. The van der Waals surface area contributed by atoms with Crippen molar-refractivity contribution in [2.24, 2.45) is 0 Å². The molecule has 1 heterocycles. The number of carbonyl (C=O) groups excluding carboxylic acids is 1. The van der Waals surface area contributed by atoms with Crippen LogP contribution in [0.4, 0.5) is 5.69 Å². The Labute approximate surface area is 151 Å². The molecule has 0 fully saturated rings. The first-order valence-corrected chi connectivity index (χ1v) is 9.47. The van der Waals surface area contributed by atoms with Crippen LogP contribution >= 0.6 is 0 Å². The van der Waals surface area contributed by atoms with Gasteiger partial charge in [0.05, 0.1) is 0 Å². The summed E-state index contributed by atoms with van der Waals surface area (Å²) in [5.74, 6) is -0.173. The van der Waals surface area contributed by atoms with Gasteiger partial charge in [-0.2, -0.15) is 5.26 Å². The van der Waals surface area contributed by atoms with Crippen molar-refractivity contribution in [1.82, 2.24) is 4.90 Å². The normalized spacial score (nSPS) is 14.0. The number of hydrogen-bond donors (Lipinski definition) is 0. The van der Waals surface area contributed by atoms with Crippen LogP contribution in [0, 0.1) is 11.3 Å². The van der Waals surface area contributed by atoms with Crippen LogP contribution in [-0.2, 0) is 11.2 Å². The zero-order chi connectivity index (χ0) is 18.1. The summed E-state index contributed by atoms with van der Waals surface area (Å²) in [6, 6.07) is 10.1. The van der Waals surface area contributed by atoms with Gasteiger partial charge in [-0.25, -0.2) is 0 Å². The standard InChI is InChI=1S/C21H29N3O/c1-3-5-13-23(14-6-4-2)17-19(16-22)21(25)24-15-9-11-18-10-7-8-12-20(18)24/h7-8,10,12,17H,3-6,9,11,13-15H2,1-2H3/b19-17-. The number of benzene rings is 1. The van der Waals surface area contributed by atoms with E-state index in [9.17, 15) is 10.1 Å². The topological polar surface area (TPSA) is 47.3 Å². The summed E-state index contributed by atoms with van der Waals surface area (Å²) in [5, 5.41) is 9.58. The van der Waals surface area contributed by atoms with E-state index in [1.807, 2.05) is 18.2 Å². The SMILES string of the molecule is CCCCN(/C=C(/C#N)C(=O)N1CCCc2ccccc21)CCCC. The Hall–Kier alpha value is -2.28. The molecule has 0 saturated heterocycles. The van der Waals surface area contributed by atoms with Crippen LogP contribution in [-0.4, -0.2) is 30.4 Å². The number of para-hydroxylation sites is 1. The molecule has 1 aliphatic heterocycles. The van der Waals surface area contributed by atoms with E-state index < -0.39 is 0 Å². The molecular weight excluding hydrogens is 310 g/mol. The lowest BCUT2D eigenvalue weighted by Gasteiger charge is -2.29. The number of hydrogen-bond acceptors (Lipinski definition) is 3. The van der Waals surface area contributed by atoms with Crippen LogP contribution in [0.2, 0.25) is 0 Å². The van der Waals surface area contributed by atoms with Crippen LogP contribution in [0.5, 0.6) is 0 Å². The average molecular weight is 339 g/mol. The van der Waals surface area contributed by atoms with E-state index >= 15 is 0 Å². The second-order valence-corrected chi connectivity index (χ2v) is 6.59. The van der Waals surface area contributed by atoms with Gasteiger partial charge in [0.25, 0.3) is 5.91 Å². The number of rotatable bonds is 8. The quantitative estimate of drug-likeness (QED) is 0.525. The van der Waals surface area contributed by atoms with Gasteiger partial charge in [0, 0.05) is 31.5 Å². The monoisotopic (exact) mass is 339 g/mol. The fourth-order valence-electron chi connectivity index (χ4n) is 3.17. The maximum atomic E-state index is 13.0. The minimum atomic E-state index is -0.173. The summed E-state index contributed by atoms with van der Waals surface area (Å²) in [6.07, 6.45) is 8.06. The second kappa shape index (κ2) is 9.88. The zero-order valence-corrected chi connectivity index (χ0v) is 15.5. The van der Waals surface area contributed by atoms with Crippen molar-refractivity contribution in [3.63, 3.8) is 0 Å². The van der Waals surface area contributed by atoms with Gasteiger partial charge in [0.2, 0.25) is 0 Å². The molecule has 2 rings (SSSR count). The van der Waals surface area contributed by atoms with E-state index in [-0.39, 0.29) is 11.5 Å². The number of nitriles is 1. The van der Waals surface area contributed by atoms with Gasteiger partial charge < -0.3 is 9.80 Å². The first kappa shape index (κ1) is 19.1. The highest BCUT2D eigenvalue weighted by atomic mass is 16.2. The van der Waals surface area contributed by atoms with Crippen LogP contribution in [0.1, 0.15) is 51.5 Å². The van der Waals surface area contributed by atoms with Crippen molar-refractivity contribution >= 4 is 11.6 Å². The highest BCUT2D eigenvalue weighted by Gasteiger charge is 2.25. The van der Waals surface area contributed by atoms with Crippen LogP contribution < -0.4 is 4.90 Å². The molecule has 4 nitrogen and oxygen atoms in total. The maximum Gasteiger partial charge on any atom is 0.270 e. The summed E-state index contributed by atoms with van der Waals surface area (Å²) in [5.41, 5.74) is 2.38. The predicted molar refractivity (Wildman–Crippen MR) is 102 cm³/mol. The molecule has 25 heavy (non-hydrogen) atoms. The first-order chi connectivity index (χ1) is 12.2. The van der Waals surface area contributed by atoms with E-state index in [0.717, 1.165) is 57.3 Å². The van der Waals surface area contributed by atoms with Crippen LogP contribution in [0.15, 0.2) is 36.0 Å². The molecule has 0 atom stereocenters. The fourth-order valence-corrected chi connectivity index (χ4v) is 3.17. The minimum absolute atomic E-state index is 0.173. The summed E-state index contributed by atoms with van der Waals surface area (Å²) in [4.78, 5) is 16.9. The number of unbranched alkanes of at least 4 members (excludes halogenated alkanes) is 2. The van der Waals surface area contributed by atoms with Crippen molar-refractivity contribution in [1.29, 1.82) is 5.26 Å². The largest absolute Gasteiger partial charge is 0.376 e. The third-order valence-corrected chi connectivity index (χ3v) is 4.62. The molecular formula is C21H29N3O. The van der Waals surface area contributed by atoms with Crippen molar-refractivity contribution in [3.05, 3.63) is 41.6 Å². The van der Waals surface area contributed by atoms with Gasteiger partial charge in [0.1, 0.15) is 11.6 Å². The molecule has 0 unspecified atom stereocenters. The van der Waals surface area contributed by atoms with Crippen molar-refractivity contribution in [2.75, 3.05) is 24.5 Å². The van der Waals surface area contributed by atoms with Crippen molar-refractivity contribution in [2.45, 2.75) is 52.4 Å². The second-order valence-electron chi connectivity index (χ2n) is 6.59. The van der Waals surface area contributed by atoms with E-state index in [0.29, 0.717) is 6.54 Å². The van der Waals surface area contributed by atoms with Crippen LogP contribution in [0.3, 0.4) is 0 Å². The molecule has 0 aliphatic carbocycles. The van der Waals surface area contributed by atoms with E-state index in [4.69, 9.17) is 0 Å². The molecule has 4 heteroatoms. The molecule has 0 aromatic heterocycles. The lowest BCUT2D eigenvalue weighted by atomic mass is 10.0. The summed E-state index contributed by atoms with van der Waals surface area (Å²) < 4.78 is 0. The minimum Gasteiger partial charge on any atom is -0.376 e. The third-order valence-electron chi connectivity index (χ3n) is 4.62. The Morgan fingerprint density at radius 2 is 1.92 bits per heavy atom. The van der Waals surface area contributed by atoms with Gasteiger partial charge in [0.15, 0.2) is 0 Å². The van der Waals surface area contributed by atoms with E-state index in [2.05, 4.69) is 30.9 Å². The first-order valence-electron chi connectivity index (χ1n) is 9.47. The molecule has 1 aliphatic rings. The lowest BCUT2D eigenvalue weighted by Crippen LogP contribution is -2.37. The van der Waals surface area contributed by atoms with Crippen molar-refractivity contribution < 1.29 is 4.79 Å². The fraction of sp³-hybridized carbons (Fsp3) is 0.524. The molecule has 1 amide bonds. The molecule has 134 valence electrons. The van der Waals surface area contributed by atoms with Crippen LogP contribution in [0.25, 0.3) is 0 Å². The molecule has 1 aromatic carbocycles. The third kappa shape index (κ3) is 5.09. The number of anilines is 1. The highest BCUT2D eigenvalue weighted by molar-refractivity contribution is 6.08. The Kier molecular flexibility index (Phi) is 7.53. The van der Waals surface area contributed by atoms with Gasteiger partial charge in [-0.3, -0.25) is 4.79 Å². The summed E-state index contributed by atoms with van der Waals surface area (Å²) >= 11 is 0. The number of fused-ring (bicyclic) bond motifs is 1. The Bertz CT molecular complexity index is 637. The Morgan fingerprint density at radius 1 is 1.24 bits per heavy atom.